The van der Waals surface area contributed by atoms with Crippen molar-refractivity contribution in [2.45, 2.75) is 25.2 Å². The van der Waals surface area contributed by atoms with Gasteiger partial charge in [0.1, 0.15) is 0 Å². The summed E-state index contributed by atoms with van der Waals surface area (Å²) in [4.78, 5) is 14.8. The number of allylic oxidation sites excluding steroid dienone is 1. The molecule has 3 heteroatoms. The zero-order chi connectivity index (χ0) is 10.7. The van der Waals surface area contributed by atoms with Gasteiger partial charge in [-0.05, 0) is 30.9 Å². The van der Waals surface area contributed by atoms with E-state index in [0.29, 0.717) is 0 Å². The SMILES string of the molecule is O=C(O)/C=C/C1CCCc2cccnc21. The third-order valence-electron chi connectivity index (χ3n) is 2.71. The van der Waals surface area contributed by atoms with E-state index in [1.165, 1.54) is 11.6 Å². The van der Waals surface area contributed by atoms with Gasteiger partial charge in [-0.3, -0.25) is 4.98 Å². The minimum Gasteiger partial charge on any atom is -0.478 e. The maximum absolute atomic E-state index is 10.4. The van der Waals surface area contributed by atoms with E-state index in [4.69, 9.17) is 5.11 Å². The fourth-order valence-corrected chi connectivity index (χ4v) is 2.03. The number of carboxylic acid groups (broad SMARTS) is 1. The molecule has 2 rings (SSSR count). The highest BCUT2D eigenvalue weighted by atomic mass is 16.4. The molecule has 15 heavy (non-hydrogen) atoms. The molecule has 1 aliphatic rings. The summed E-state index contributed by atoms with van der Waals surface area (Å²) < 4.78 is 0. The Morgan fingerprint density at radius 3 is 3.27 bits per heavy atom. The van der Waals surface area contributed by atoms with Crippen LogP contribution in [0.1, 0.15) is 30.0 Å². The quantitative estimate of drug-likeness (QED) is 0.749. The van der Waals surface area contributed by atoms with Crippen molar-refractivity contribution in [2.75, 3.05) is 0 Å². The van der Waals surface area contributed by atoms with Gasteiger partial charge < -0.3 is 5.11 Å². The molecule has 0 amide bonds. The zero-order valence-electron chi connectivity index (χ0n) is 8.39. The van der Waals surface area contributed by atoms with E-state index in [-0.39, 0.29) is 5.92 Å². The summed E-state index contributed by atoms with van der Waals surface area (Å²) in [7, 11) is 0. The number of carboxylic acids is 1. The number of pyridine rings is 1. The molecule has 1 N–H and O–H groups in total. The van der Waals surface area contributed by atoms with Crippen LogP contribution in [0.3, 0.4) is 0 Å². The van der Waals surface area contributed by atoms with E-state index in [1.54, 1.807) is 12.3 Å². The number of aromatic nitrogens is 1. The Labute approximate surface area is 88.5 Å². The Morgan fingerprint density at radius 2 is 2.47 bits per heavy atom. The van der Waals surface area contributed by atoms with Crippen molar-refractivity contribution in [3.05, 3.63) is 41.7 Å². The lowest BCUT2D eigenvalue weighted by Gasteiger charge is -2.21. The summed E-state index contributed by atoms with van der Waals surface area (Å²) in [5.41, 5.74) is 2.30. The first kappa shape index (κ1) is 9.90. The van der Waals surface area contributed by atoms with Crippen LogP contribution in [0.2, 0.25) is 0 Å². The number of fused-ring (bicyclic) bond motifs is 1. The molecule has 1 aliphatic carbocycles. The first-order chi connectivity index (χ1) is 7.27. The first-order valence-electron chi connectivity index (χ1n) is 5.12. The van der Waals surface area contributed by atoms with Gasteiger partial charge in [0.25, 0.3) is 0 Å². The smallest absolute Gasteiger partial charge is 0.327 e. The van der Waals surface area contributed by atoms with Crippen LogP contribution >= 0.6 is 0 Å². The molecule has 0 aliphatic heterocycles. The number of nitrogens with zero attached hydrogens (tertiary/aromatic N) is 1. The normalized spacial score (nSPS) is 20.1. The van der Waals surface area contributed by atoms with Crippen molar-refractivity contribution >= 4 is 5.97 Å². The van der Waals surface area contributed by atoms with E-state index in [9.17, 15) is 4.79 Å². The molecule has 3 nitrogen and oxygen atoms in total. The Kier molecular flexibility index (Phi) is 2.81. The second kappa shape index (κ2) is 4.26. The highest BCUT2D eigenvalue weighted by Gasteiger charge is 2.18. The second-order valence-electron chi connectivity index (χ2n) is 3.74. The topological polar surface area (TPSA) is 50.2 Å². The molecule has 0 bridgehead atoms. The van der Waals surface area contributed by atoms with Crippen molar-refractivity contribution in [3.63, 3.8) is 0 Å². The maximum atomic E-state index is 10.4. The minimum absolute atomic E-state index is 0.172. The molecule has 0 radical (unpaired) electrons. The summed E-state index contributed by atoms with van der Waals surface area (Å²) in [6.07, 6.45) is 7.88. The first-order valence-corrected chi connectivity index (χ1v) is 5.12. The molecular formula is C12H13NO2. The number of rotatable bonds is 2. The Bertz CT molecular complexity index is 398. The van der Waals surface area contributed by atoms with Gasteiger partial charge in [0.15, 0.2) is 0 Å². The van der Waals surface area contributed by atoms with Crippen LogP contribution in [0.5, 0.6) is 0 Å². The van der Waals surface area contributed by atoms with Crippen molar-refractivity contribution in [1.29, 1.82) is 0 Å². The highest BCUT2D eigenvalue weighted by molar-refractivity contribution is 5.79. The van der Waals surface area contributed by atoms with Crippen LogP contribution in [0, 0.1) is 0 Å². The van der Waals surface area contributed by atoms with Crippen LogP contribution in [0.15, 0.2) is 30.5 Å². The van der Waals surface area contributed by atoms with Crippen molar-refractivity contribution < 1.29 is 9.90 Å². The van der Waals surface area contributed by atoms with Gasteiger partial charge in [0.2, 0.25) is 0 Å². The molecule has 0 aromatic carbocycles. The molecule has 0 saturated heterocycles. The van der Waals surface area contributed by atoms with E-state index >= 15 is 0 Å². The third kappa shape index (κ3) is 2.24. The molecule has 0 spiro atoms. The fourth-order valence-electron chi connectivity index (χ4n) is 2.03. The van der Waals surface area contributed by atoms with Crippen LogP contribution in [-0.2, 0) is 11.2 Å². The number of carbonyl (C=O) groups is 1. The summed E-state index contributed by atoms with van der Waals surface area (Å²) in [6.45, 7) is 0. The molecule has 1 atom stereocenters. The molecule has 0 fully saturated rings. The Hall–Kier alpha value is -1.64. The molecule has 1 unspecified atom stereocenters. The van der Waals surface area contributed by atoms with E-state index in [2.05, 4.69) is 11.1 Å². The second-order valence-corrected chi connectivity index (χ2v) is 3.74. The standard InChI is InChI=1S/C12H13NO2/c14-11(15)7-6-10-4-1-3-9-5-2-8-13-12(9)10/h2,5-8,10H,1,3-4H2,(H,14,15)/b7-6+. The number of aryl methyl sites for hydroxylation is 1. The monoisotopic (exact) mass is 203 g/mol. The lowest BCUT2D eigenvalue weighted by atomic mass is 9.86. The zero-order valence-corrected chi connectivity index (χ0v) is 8.39. The average molecular weight is 203 g/mol. The van der Waals surface area contributed by atoms with Crippen molar-refractivity contribution in [2.24, 2.45) is 0 Å². The van der Waals surface area contributed by atoms with E-state index in [1.807, 2.05) is 6.07 Å². The minimum atomic E-state index is -0.891. The lowest BCUT2D eigenvalue weighted by molar-refractivity contribution is -0.131. The average Bonchev–Trinajstić information content (AvgIpc) is 2.26. The van der Waals surface area contributed by atoms with Crippen LogP contribution in [0.25, 0.3) is 0 Å². The Morgan fingerprint density at radius 1 is 1.60 bits per heavy atom. The van der Waals surface area contributed by atoms with E-state index in [0.717, 1.165) is 25.0 Å². The number of hydrogen-bond donors (Lipinski definition) is 1. The predicted octanol–water partition coefficient (Wildman–Crippen LogP) is 2.14. The molecule has 0 saturated carbocycles. The maximum Gasteiger partial charge on any atom is 0.327 e. The highest BCUT2D eigenvalue weighted by Crippen LogP contribution is 2.30. The van der Waals surface area contributed by atoms with Gasteiger partial charge >= 0.3 is 5.97 Å². The van der Waals surface area contributed by atoms with E-state index < -0.39 is 5.97 Å². The van der Waals surface area contributed by atoms with Crippen LogP contribution in [-0.4, -0.2) is 16.1 Å². The number of hydrogen-bond acceptors (Lipinski definition) is 2. The molecular weight excluding hydrogens is 190 g/mol. The Balaban J connectivity index is 2.26. The van der Waals surface area contributed by atoms with Gasteiger partial charge in [0, 0.05) is 18.2 Å². The molecule has 1 aromatic rings. The summed E-state index contributed by atoms with van der Waals surface area (Å²) in [5.74, 6) is -0.718. The molecule has 1 aromatic heterocycles. The molecule has 78 valence electrons. The summed E-state index contributed by atoms with van der Waals surface area (Å²) in [6, 6.07) is 4.01. The van der Waals surface area contributed by atoms with Gasteiger partial charge in [-0.25, -0.2) is 4.79 Å². The lowest BCUT2D eigenvalue weighted by Crippen LogP contribution is -2.10. The van der Waals surface area contributed by atoms with Gasteiger partial charge in [-0.15, -0.1) is 0 Å². The van der Waals surface area contributed by atoms with Crippen LogP contribution in [0.4, 0.5) is 0 Å². The predicted molar refractivity (Wildman–Crippen MR) is 56.7 cm³/mol. The summed E-state index contributed by atoms with van der Waals surface area (Å²) >= 11 is 0. The molecule has 1 heterocycles. The van der Waals surface area contributed by atoms with Gasteiger partial charge in [-0.1, -0.05) is 12.1 Å². The number of aliphatic carboxylic acids is 1. The van der Waals surface area contributed by atoms with Crippen molar-refractivity contribution in [3.8, 4) is 0 Å². The third-order valence-corrected chi connectivity index (χ3v) is 2.71. The summed E-state index contributed by atoms with van der Waals surface area (Å²) in [5, 5.41) is 8.58. The fraction of sp³-hybridized carbons (Fsp3) is 0.333. The largest absolute Gasteiger partial charge is 0.478 e. The van der Waals surface area contributed by atoms with Crippen LogP contribution < -0.4 is 0 Å². The van der Waals surface area contributed by atoms with Gasteiger partial charge in [0.05, 0.1) is 5.69 Å². The van der Waals surface area contributed by atoms with Gasteiger partial charge in [-0.2, -0.15) is 0 Å². The van der Waals surface area contributed by atoms with Crippen molar-refractivity contribution in [1.82, 2.24) is 4.98 Å².